The SMILES string of the molecule is C=C1/C=C\C=C/CC(C)(C)c2cc(C3=C/CC(C)(C)c4cc(C)ccc4C(=C)/C=C\3)ccc21.CC. The number of hydrogen-bond donors (Lipinski definition) is 0. The van der Waals surface area contributed by atoms with E-state index in [1.54, 1.807) is 0 Å². The topological polar surface area (TPSA) is 0 Å². The minimum Gasteiger partial charge on any atom is -0.0911 e. The number of rotatable bonds is 1. The van der Waals surface area contributed by atoms with Gasteiger partial charge in [-0.05, 0) is 81.2 Å². The van der Waals surface area contributed by atoms with Crippen molar-refractivity contribution in [3.63, 3.8) is 0 Å². The fourth-order valence-electron chi connectivity index (χ4n) is 4.91. The van der Waals surface area contributed by atoms with Crippen molar-refractivity contribution < 1.29 is 0 Å². The van der Waals surface area contributed by atoms with Crippen molar-refractivity contribution in [3.8, 4) is 0 Å². The molecule has 2 aliphatic carbocycles. The molecule has 35 heavy (non-hydrogen) atoms. The maximum atomic E-state index is 4.42. The van der Waals surface area contributed by atoms with Crippen LogP contribution in [-0.4, -0.2) is 0 Å². The third kappa shape index (κ3) is 5.76. The van der Waals surface area contributed by atoms with Gasteiger partial charge in [-0.2, -0.15) is 0 Å². The van der Waals surface area contributed by atoms with E-state index in [9.17, 15) is 0 Å². The summed E-state index contributed by atoms with van der Waals surface area (Å²) < 4.78 is 0. The van der Waals surface area contributed by atoms with Gasteiger partial charge in [-0.15, -0.1) is 0 Å². The molecule has 0 heteroatoms. The molecule has 0 saturated carbocycles. The monoisotopic (exact) mass is 462 g/mol. The molecule has 0 unspecified atom stereocenters. The summed E-state index contributed by atoms with van der Waals surface area (Å²) in [5.74, 6) is 0. The number of benzene rings is 2. The van der Waals surface area contributed by atoms with Gasteiger partial charge in [0.05, 0.1) is 0 Å². The third-order valence-electron chi connectivity index (χ3n) is 7.15. The molecule has 0 N–H and O–H groups in total. The van der Waals surface area contributed by atoms with Gasteiger partial charge >= 0.3 is 0 Å². The highest BCUT2D eigenvalue weighted by molar-refractivity contribution is 5.84. The summed E-state index contributed by atoms with van der Waals surface area (Å²) in [6, 6.07) is 13.6. The van der Waals surface area contributed by atoms with Crippen molar-refractivity contribution in [2.75, 3.05) is 0 Å². The Kier molecular flexibility index (Phi) is 8.06. The van der Waals surface area contributed by atoms with E-state index in [2.05, 4.69) is 127 Å². The average molecular weight is 463 g/mol. The van der Waals surface area contributed by atoms with E-state index in [0.717, 1.165) is 24.0 Å². The average Bonchev–Trinajstić information content (AvgIpc) is 2.91. The first kappa shape index (κ1) is 26.5. The molecule has 0 fully saturated rings. The van der Waals surface area contributed by atoms with Gasteiger partial charge in [-0.25, -0.2) is 0 Å². The maximum Gasteiger partial charge on any atom is -0.00625 e. The van der Waals surface area contributed by atoms with Gasteiger partial charge in [0, 0.05) is 0 Å². The van der Waals surface area contributed by atoms with Crippen molar-refractivity contribution in [3.05, 3.63) is 125 Å². The van der Waals surface area contributed by atoms with Crippen molar-refractivity contribution in [2.45, 2.75) is 72.1 Å². The van der Waals surface area contributed by atoms with Crippen molar-refractivity contribution in [1.29, 1.82) is 0 Å². The molecule has 0 aromatic heterocycles. The third-order valence-corrected chi connectivity index (χ3v) is 7.15. The Morgan fingerprint density at radius 1 is 0.686 bits per heavy atom. The van der Waals surface area contributed by atoms with Gasteiger partial charge in [-0.1, -0.05) is 133 Å². The first-order valence-corrected chi connectivity index (χ1v) is 12.9. The van der Waals surface area contributed by atoms with Gasteiger partial charge in [0.15, 0.2) is 0 Å². The van der Waals surface area contributed by atoms with Crippen LogP contribution in [0.5, 0.6) is 0 Å². The van der Waals surface area contributed by atoms with E-state index in [1.165, 1.54) is 39.0 Å². The number of fused-ring (bicyclic) bond motifs is 2. The molecule has 2 aliphatic rings. The highest BCUT2D eigenvalue weighted by Gasteiger charge is 2.26. The predicted octanol–water partition coefficient (Wildman–Crippen LogP) is 10.2. The van der Waals surface area contributed by atoms with Crippen LogP contribution in [0.2, 0.25) is 0 Å². The Morgan fingerprint density at radius 3 is 2.00 bits per heavy atom. The van der Waals surface area contributed by atoms with E-state index < -0.39 is 0 Å². The first-order chi connectivity index (χ1) is 16.6. The van der Waals surface area contributed by atoms with Crippen LogP contribution in [0.25, 0.3) is 16.7 Å². The summed E-state index contributed by atoms with van der Waals surface area (Å²) in [6.45, 7) is 24.3. The fraction of sp³-hybridized carbons (Fsp3) is 0.314. The summed E-state index contributed by atoms with van der Waals surface area (Å²) in [4.78, 5) is 0. The Hall–Kier alpha value is -3.12. The second kappa shape index (κ2) is 10.6. The van der Waals surface area contributed by atoms with Crippen LogP contribution in [-0.2, 0) is 10.8 Å². The molecule has 0 spiro atoms. The molecule has 182 valence electrons. The van der Waals surface area contributed by atoms with Crippen LogP contribution in [0.1, 0.15) is 87.8 Å². The van der Waals surface area contributed by atoms with Gasteiger partial charge < -0.3 is 0 Å². The molecule has 0 nitrogen and oxygen atoms in total. The molecule has 2 aromatic rings. The molecular weight excluding hydrogens is 420 g/mol. The summed E-state index contributed by atoms with van der Waals surface area (Å²) >= 11 is 0. The molecule has 0 heterocycles. The van der Waals surface area contributed by atoms with E-state index in [-0.39, 0.29) is 10.8 Å². The van der Waals surface area contributed by atoms with Gasteiger partial charge in [-0.3, -0.25) is 0 Å². The van der Waals surface area contributed by atoms with E-state index in [0.29, 0.717) is 0 Å². The number of allylic oxidation sites excluding steroid dienone is 10. The number of hydrogen-bond acceptors (Lipinski definition) is 0. The first-order valence-electron chi connectivity index (χ1n) is 12.9. The number of aryl methyl sites for hydroxylation is 1. The molecule has 0 amide bonds. The quantitative estimate of drug-likeness (QED) is 0.395. The minimum atomic E-state index is 0.0201. The predicted molar refractivity (Wildman–Crippen MR) is 158 cm³/mol. The Morgan fingerprint density at radius 2 is 1.29 bits per heavy atom. The highest BCUT2D eigenvalue weighted by atomic mass is 14.3. The minimum absolute atomic E-state index is 0.0201. The smallest absolute Gasteiger partial charge is 0.00625 e. The van der Waals surface area contributed by atoms with Crippen LogP contribution < -0.4 is 0 Å². The van der Waals surface area contributed by atoms with Gasteiger partial charge in [0.1, 0.15) is 0 Å². The zero-order valence-corrected chi connectivity index (χ0v) is 22.8. The van der Waals surface area contributed by atoms with Crippen molar-refractivity contribution in [1.82, 2.24) is 0 Å². The van der Waals surface area contributed by atoms with Crippen molar-refractivity contribution >= 4 is 16.7 Å². The summed E-state index contributed by atoms with van der Waals surface area (Å²) in [5, 5.41) is 0. The Balaban J connectivity index is 0.00000167. The van der Waals surface area contributed by atoms with E-state index in [4.69, 9.17) is 0 Å². The summed E-state index contributed by atoms with van der Waals surface area (Å²) in [7, 11) is 0. The zero-order chi connectivity index (χ0) is 25.8. The van der Waals surface area contributed by atoms with Gasteiger partial charge in [0.25, 0.3) is 0 Å². The second-order valence-corrected chi connectivity index (χ2v) is 10.8. The Labute approximate surface area is 214 Å². The molecule has 4 rings (SSSR count). The lowest BCUT2D eigenvalue weighted by Crippen LogP contribution is -2.19. The van der Waals surface area contributed by atoms with E-state index in [1.807, 2.05) is 13.8 Å². The van der Waals surface area contributed by atoms with Crippen LogP contribution in [0, 0.1) is 6.92 Å². The standard InChI is InChI=1S/C33H36.C2H6/c1-23-12-16-28-25(3)13-14-26(18-20-33(6,7)30(28)21-23)27-15-17-29-24(2)11-9-8-10-19-32(4,5)31(29)22-27;1-2/h8-18,21-22H,2-3,19-20H2,1,4-7H3;1-2H3/b10-8-,11-9-,14-13-,26-18+;. The highest BCUT2D eigenvalue weighted by Crippen LogP contribution is 2.39. The fourth-order valence-corrected chi connectivity index (χ4v) is 4.91. The van der Waals surface area contributed by atoms with Crippen molar-refractivity contribution in [2.24, 2.45) is 0 Å². The molecule has 0 aliphatic heterocycles. The molecular formula is C35H42. The zero-order valence-electron chi connectivity index (χ0n) is 22.8. The van der Waals surface area contributed by atoms with Crippen LogP contribution in [0.15, 0.2) is 92.1 Å². The summed E-state index contributed by atoms with van der Waals surface area (Å²) in [5.41, 5.74) is 11.2. The van der Waals surface area contributed by atoms with Gasteiger partial charge in [0.2, 0.25) is 0 Å². The lowest BCUT2D eigenvalue weighted by atomic mass is 9.76. The normalized spacial score (nSPS) is 22.5. The lowest BCUT2D eigenvalue weighted by molar-refractivity contribution is 0.532. The van der Waals surface area contributed by atoms with E-state index >= 15 is 0 Å². The molecule has 2 aromatic carbocycles. The lowest BCUT2D eigenvalue weighted by Gasteiger charge is -2.28. The second-order valence-electron chi connectivity index (χ2n) is 10.8. The maximum absolute atomic E-state index is 4.42. The van der Waals surface area contributed by atoms with Crippen LogP contribution in [0.4, 0.5) is 0 Å². The Bertz CT molecular complexity index is 1230. The molecule has 0 radical (unpaired) electrons. The molecule has 0 bridgehead atoms. The summed E-state index contributed by atoms with van der Waals surface area (Å²) in [6.07, 6.45) is 17.4. The molecule has 0 saturated heterocycles. The van der Waals surface area contributed by atoms with Crippen LogP contribution in [0.3, 0.4) is 0 Å². The largest absolute Gasteiger partial charge is 0.0911 e. The van der Waals surface area contributed by atoms with Crippen LogP contribution >= 0.6 is 0 Å². The molecule has 0 atom stereocenters.